The fraction of sp³-hybridized carbons (Fsp3) is 0.350. The lowest BCUT2D eigenvalue weighted by atomic mass is 9.90. The fourth-order valence-corrected chi connectivity index (χ4v) is 3.76. The van der Waals surface area contributed by atoms with E-state index in [1.807, 2.05) is 18.3 Å². The highest BCUT2D eigenvalue weighted by atomic mass is 19.1. The van der Waals surface area contributed by atoms with Crippen LogP contribution in [0.4, 0.5) is 4.39 Å². The highest BCUT2D eigenvalue weighted by Gasteiger charge is 2.20. The minimum Gasteiger partial charge on any atom is -0.299 e. The maximum absolute atomic E-state index is 13.0. The van der Waals surface area contributed by atoms with Gasteiger partial charge in [-0.1, -0.05) is 18.2 Å². The van der Waals surface area contributed by atoms with Crippen molar-refractivity contribution in [3.63, 3.8) is 0 Å². The Balaban J connectivity index is 1.39. The molecule has 0 saturated carbocycles. The number of H-pyrrole nitrogens is 1. The third kappa shape index (κ3) is 3.49. The van der Waals surface area contributed by atoms with Crippen molar-refractivity contribution in [3.05, 3.63) is 65.6 Å². The summed E-state index contributed by atoms with van der Waals surface area (Å²) < 4.78 is 13.0. The van der Waals surface area contributed by atoms with Crippen molar-refractivity contribution in [1.82, 2.24) is 15.1 Å². The summed E-state index contributed by atoms with van der Waals surface area (Å²) in [7, 11) is 0. The minimum absolute atomic E-state index is 0.162. The molecule has 1 aromatic heterocycles. The van der Waals surface area contributed by atoms with Crippen molar-refractivity contribution in [1.29, 1.82) is 0 Å². The van der Waals surface area contributed by atoms with Crippen molar-refractivity contribution >= 4 is 10.9 Å². The van der Waals surface area contributed by atoms with Crippen LogP contribution in [0.1, 0.15) is 24.0 Å². The molecule has 1 saturated heterocycles. The Morgan fingerprint density at radius 1 is 1.12 bits per heavy atom. The first-order valence-electron chi connectivity index (χ1n) is 8.65. The Morgan fingerprint density at radius 3 is 2.83 bits per heavy atom. The molecule has 124 valence electrons. The van der Waals surface area contributed by atoms with E-state index in [4.69, 9.17) is 0 Å². The topological polar surface area (TPSA) is 31.9 Å². The van der Waals surface area contributed by atoms with E-state index in [1.165, 1.54) is 29.4 Å². The van der Waals surface area contributed by atoms with Gasteiger partial charge in [0, 0.05) is 18.5 Å². The Morgan fingerprint density at radius 2 is 1.96 bits per heavy atom. The van der Waals surface area contributed by atoms with Crippen LogP contribution in [0.3, 0.4) is 0 Å². The predicted octanol–water partition coefficient (Wildman–Crippen LogP) is 4.16. The largest absolute Gasteiger partial charge is 0.299 e. The number of benzene rings is 2. The van der Waals surface area contributed by atoms with Crippen LogP contribution < -0.4 is 0 Å². The molecule has 1 aliphatic rings. The Bertz CT molecular complexity index is 809. The van der Waals surface area contributed by atoms with E-state index in [0.717, 1.165) is 31.6 Å². The smallest absolute Gasteiger partial charge is 0.123 e. The third-order valence-electron chi connectivity index (χ3n) is 4.95. The maximum Gasteiger partial charge on any atom is 0.123 e. The molecule has 0 spiro atoms. The van der Waals surface area contributed by atoms with Crippen molar-refractivity contribution < 1.29 is 4.39 Å². The van der Waals surface area contributed by atoms with E-state index < -0.39 is 0 Å². The lowest BCUT2D eigenvalue weighted by Crippen LogP contribution is -2.35. The number of piperidine rings is 1. The van der Waals surface area contributed by atoms with Crippen LogP contribution in [0.2, 0.25) is 0 Å². The van der Waals surface area contributed by atoms with Gasteiger partial charge in [0.25, 0.3) is 0 Å². The zero-order valence-corrected chi connectivity index (χ0v) is 13.7. The highest BCUT2D eigenvalue weighted by Crippen LogP contribution is 2.24. The van der Waals surface area contributed by atoms with Crippen LogP contribution in [0.5, 0.6) is 0 Å². The molecule has 2 aromatic carbocycles. The van der Waals surface area contributed by atoms with Crippen molar-refractivity contribution in [2.75, 3.05) is 13.1 Å². The van der Waals surface area contributed by atoms with Gasteiger partial charge in [-0.3, -0.25) is 10.00 Å². The van der Waals surface area contributed by atoms with Gasteiger partial charge in [0.05, 0.1) is 11.7 Å². The third-order valence-corrected chi connectivity index (χ3v) is 4.95. The molecule has 4 heteroatoms. The van der Waals surface area contributed by atoms with Crippen LogP contribution in [0, 0.1) is 11.7 Å². The first-order chi connectivity index (χ1) is 11.8. The number of halogens is 1. The van der Waals surface area contributed by atoms with Gasteiger partial charge in [-0.05, 0) is 67.1 Å². The molecule has 0 radical (unpaired) electrons. The van der Waals surface area contributed by atoms with E-state index in [1.54, 1.807) is 12.1 Å². The average Bonchev–Trinajstić information content (AvgIpc) is 3.05. The summed E-state index contributed by atoms with van der Waals surface area (Å²) in [5.74, 6) is 0.522. The molecule has 0 aliphatic carbocycles. The predicted molar refractivity (Wildman–Crippen MR) is 94.2 cm³/mol. The fourth-order valence-electron chi connectivity index (χ4n) is 3.76. The average molecular weight is 323 g/mol. The van der Waals surface area contributed by atoms with E-state index in [-0.39, 0.29) is 5.82 Å². The Kier molecular flexibility index (Phi) is 4.30. The summed E-state index contributed by atoms with van der Waals surface area (Å²) in [4.78, 5) is 2.50. The number of hydrogen-bond donors (Lipinski definition) is 1. The zero-order valence-electron chi connectivity index (χ0n) is 13.7. The lowest BCUT2D eigenvalue weighted by Gasteiger charge is -2.33. The van der Waals surface area contributed by atoms with Crippen LogP contribution in [-0.2, 0) is 13.0 Å². The molecule has 1 N–H and O–H groups in total. The van der Waals surface area contributed by atoms with Crippen LogP contribution in [0.15, 0.2) is 48.7 Å². The van der Waals surface area contributed by atoms with Gasteiger partial charge >= 0.3 is 0 Å². The molecule has 3 aromatic rings. The number of aromatic nitrogens is 2. The van der Waals surface area contributed by atoms with E-state index in [2.05, 4.69) is 33.3 Å². The summed E-state index contributed by atoms with van der Waals surface area (Å²) in [6, 6.07) is 13.5. The first kappa shape index (κ1) is 15.3. The van der Waals surface area contributed by atoms with E-state index >= 15 is 0 Å². The van der Waals surface area contributed by atoms with E-state index in [9.17, 15) is 4.39 Å². The quantitative estimate of drug-likeness (QED) is 0.782. The molecule has 4 rings (SSSR count). The standard InChI is InChI=1S/C20H22FN3/c21-19-6-3-15(4-7-19)13-24-9-1-2-17(14-24)10-16-5-8-20-18(11-16)12-22-23-20/h3-8,11-12,17H,1-2,9-10,13-14H2,(H,22,23)/t17-/m1/s1. The summed E-state index contributed by atoms with van der Waals surface area (Å²) in [5.41, 5.74) is 3.68. The van der Waals surface area contributed by atoms with Crippen LogP contribution in [-0.4, -0.2) is 28.2 Å². The van der Waals surface area contributed by atoms with Gasteiger partial charge in [0.2, 0.25) is 0 Å². The van der Waals surface area contributed by atoms with Gasteiger partial charge in [0.15, 0.2) is 0 Å². The molecule has 0 unspecified atom stereocenters. The molecule has 2 heterocycles. The molecule has 1 aliphatic heterocycles. The normalized spacial score (nSPS) is 19.0. The highest BCUT2D eigenvalue weighted by molar-refractivity contribution is 5.78. The number of hydrogen-bond acceptors (Lipinski definition) is 2. The van der Waals surface area contributed by atoms with Crippen LogP contribution in [0.25, 0.3) is 10.9 Å². The summed E-state index contributed by atoms with van der Waals surface area (Å²) in [6.45, 7) is 3.16. The number of aromatic amines is 1. The molecule has 1 fully saturated rings. The Labute approximate surface area is 141 Å². The van der Waals surface area contributed by atoms with Crippen molar-refractivity contribution in [2.24, 2.45) is 5.92 Å². The second-order valence-electron chi connectivity index (χ2n) is 6.87. The first-order valence-corrected chi connectivity index (χ1v) is 8.65. The second-order valence-corrected chi connectivity index (χ2v) is 6.87. The summed E-state index contributed by atoms with van der Waals surface area (Å²) in [6.07, 6.45) is 5.52. The number of nitrogens with zero attached hydrogens (tertiary/aromatic N) is 2. The number of fused-ring (bicyclic) bond motifs is 1. The monoisotopic (exact) mass is 323 g/mol. The summed E-state index contributed by atoms with van der Waals surface area (Å²) >= 11 is 0. The summed E-state index contributed by atoms with van der Waals surface area (Å²) in [5, 5.41) is 8.28. The van der Waals surface area contributed by atoms with Gasteiger partial charge in [-0.25, -0.2) is 4.39 Å². The molecular formula is C20H22FN3. The molecule has 24 heavy (non-hydrogen) atoms. The van der Waals surface area contributed by atoms with Crippen LogP contribution >= 0.6 is 0 Å². The Hall–Kier alpha value is -2.20. The minimum atomic E-state index is -0.162. The number of likely N-dealkylation sites (tertiary alicyclic amines) is 1. The SMILES string of the molecule is Fc1ccc(CN2CCC[C@H](Cc3ccc4[nH]ncc4c3)C2)cc1. The maximum atomic E-state index is 13.0. The molecule has 3 nitrogen and oxygen atoms in total. The lowest BCUT2D eigenvalue weighted by molar-refractivity contribution is 0.167. The van der Waals surface area contributed by atoms with Gasteiger partial charge in [-0.15, -0.1) is 0 Å². The number of rotatable bonds is 4. The van der Waals surface area contributed by atoms with Gasteiger partial charge < -0.3 is 0 Å². The molecule has 1 atom stereocenters. The van der Waals surface area contributed by atoms with Crippen molar-refractivity contribution in [3.8, 4) is 0 Å². The van der Waals surface area contributed by atoms with Gasteiger partial charge in [-0.2, -0.15) is 5.10 Å². The molecule has 0 amide bonds. The zero-order chi connectivity index (χ0) is 16.4. The molecule has 0 bridgehead atoms. The van der Waals surface area contributed by atoms with E-state index in [0.29, 0.717) is 5.92 Å². The van der Waals surface area contributed by atoms with Crippen molar-refractivity contribution in [2.45, 2.75) is 25.8 Å². The number of nitrogens with one attached hydrogen (secondary N) is 1. The molecular weight excluding hydrogens is 301 g/mol. The second kappa shape index (κ2) is 6.73. The van der Waals surface area contributed by atoms with Gasteiger partial charge in [0.1, 0.15) is 5.82 Å².